The van der Waals surface area contributed by atoms with Crippen LogP contribution in [0.5, 0.6) is 0 Å². The van der Waals surface area contributed by atoms with Gasteiger partial charge in [-0.1, -0.05) is 6.92 Å². The van der Waals surface area contributed by atoms with Crippen molar-refractivity contribution in [3.8, 4) is 0 Å². The summed E-state index contributed by atoms with van der Waals surface area (Å²) < 4.78 is 0. The maximum absolute atomic E-state index is 9.94. The average Bonchev–Trinajstić information content (AvgIpc) is 3.01. The normalized spacial score (nSPS) is 31.5. The van der Waals surface area contributed by atoms with Crippen molar-refractivity contribution in [2.45, 2.75) is 38.4 Å². The van der Waals surface area contributed by atoms with Crippen molar-refractivity contribution in [3.63, 3.8) is 0 Å². The highest BCUT2D eigenvalue weighted by Crippen LogP contribution is 2.39. The molecule has 4 heteroatoms. The van der Waals surface area contributed by atoms with Crippen molar-refractivity contribution in [1.29, 1.82) is 0 Å². The molecule has 0 spiro atoms. The monoisotopic (exact) mass is 262 g/mol. The van der Waals surface area contributed by atoms with Crippen LogP contribution in [0.1, 0.15) is 38.0 Å². The molecule has 1 aliphatic heterocycles. The van der Waals surface area contributed by atoms with Gasteiger partial charge in [0.1, 0.15) is 0 Å². The van der Waals surface area contributed by atoms with Gasteiger partial charge in [-0.3, -0.25) is 4.98 Å². The number of aliphatic hydroxyl groups is 2. The second-order valence-corrected chi connectivity index (χ2v) is 5.84. The summed E-state index contributed by atoms with van der Waals surface area (Å²) in [6, 6.07) is 3.95. The Morgan fingerprint density at radius 1 is 1.37 bits per heavy atom. The third kappa shape index (κ3) is 2.35. The first-order valence-corrected chi connectivity index (χ1v) is 7.26. The fourth-order valence-electron chi connectivity index (χ4n) is 3.44. The molecule has 1 aliphatic carbocycles. The molecule has 4 nitrogen and oxygen atoms in total. The number of hydrogen-bond acceptors (Lipinski definition) is 4. The zero-order valence-electron chi connectivity index (χ0n) is 11.4. The van der Waals surface area contributed by atoms with E-state index in [1.165, 1.54) is 0 Å². The summed E-state index contributed by atoms with van der Waals surface area (Å²) in [5.41, 5.74) is 1.85. The molecule has 0 aromatic carbocycles. The standard InChI is InChI=1S/C15H22N2O2/c1-2-14(18)13-5-4-11(7-16-13)17-8-10-3-6-15(19)12(10)9-17/h4-5,7,10,12,14-15,18-19H,2-3,6,8-9H2,1H3/t10?,12?,14-,15?/m1/s1. The summed E-state index contributed by atoms with van der Waals surface area (Å²) in [4.78, 5) is 6.67. The van der Waals surface area contributed by atoms with Gasteiger partial charge in [-0.15, -0.1) is 0 Å². The first-order valence-electron chi connectivity index (χ1n) is 7.26. The zero-order chi connectivity index (χ0) is 13.4. The van der Waals surface area contributed by atoms with Crippen LogP contribution in [0, 0.1) is 11.8 Å². The lowest BCUT2D eigenvalue weighted by atomic mass is 10.00. The Kier molecular flexibility index (Phi) is 3.46. The molecule has 2 aliphatic rings. The smallest absolute Gasteiger partial charge is 0.0957 e. The van der Waals surface area contributed by atoms with E-state index in [9.17, 15) is 10.2 Å². The van der Waals surface area contributed by atoms with Crippen LogP contribution in [0.4, 0.5) is 5.69 Å². The van der Waals surface area contributed by atoms with Crippen molar-refractivity contribution in [2.24, 2.45) is 11.8 Å². The van der Waals surface area contributed by atoms with Crippen LogP contribution in [0.25, 0.3) is 0 Å². The van der Waals surface area contributed by atoms with Crippen LogP contribution in [0.15, 0.2) is 18.3 Å². The number of aromatic nitrogens is 1. The van der Waals surface area contributed by atoms with E-state index in [4.69, 9.17) is 0 Å². The summed E-state index contributed by atoms with van der Waals surface area (Å²) in [5.74, 6) is 1.07. The summed E-state index contributed by atoms with van der Waals surface area (Å²) >= 11 is 0. The number of nitrogens with zero attached hydrogens (tertiary/aromatic N) is 2. The van der Waals surface area contributed by atoms with E-state index in [0.717, 1.165) is 37.3 Å². The molecule has 4 atom stereocenters. The Labute approximate surface area is 114 Å². The predicted octanol–water partition coefficient (Wildman–Crippen LogP) is 1.73. The van der Waals surface area contributed by atoms with E-state index in [0.29, 0.717) is 18.3 Å². The van der Waals surface area contributed by atoms with Crippen molar-refractivity contribution in [2.75, 3.05) is 18.0 Å². The Morgan fingerprint density at radius 2 is 2.21 bits per heavy atom. The van der Waals surface area contributed by atoms with Crippen LogP contribution in [0.3, 0.4) is 0 Å². The fourth-order valence-corrected chi connectivity index (χ4v) is 3.44. The van der Waals surface area contributed by atoms with Crippen LogP contribution in [-0.4, -0.2) is 34.4 Å². The highest BCUT2D eigenvalue weighted by Gasteiger charge is 2.41. The minimum Gasteiger partial charge on any atom is -0.393 e. The minimum atomic E-state index is -0.464. The van der Waals surface area contributed by atoms with E-state index in [-0.39, 0.29) is 6.10 Å². The Hall–Kier alpha value is -1.13. The SMILES string of the molecule is CC[C@@H](O)c1ccc(N2CC3CCC(O)C3C2)cn1. The van der Waals surface area contributed by atoms with E-state index in [1.54, 1.807) is 0 Å². The highest BCUT2D eigenvalue weighted by atomic mass is 16.3. The lowest BCUT2D eigenvalue weighted by Gasteiger charge is -2.20. The molecule has 1 aromatic heterocycles. The molecule has 1 saturated carbocycles. The average molecular weight is 262 g/mol. The van der Waals surface area contributed by atoms with Crippen LogP contribution >= 0.6 is 0 Å². The van der Waals surface area contributed by atoms with E-state index in [1.807, 2.05) is 25.3 Å². The molecule has 2 N–H and O–H groups in total. The Balaban J connectivity index is 1.70. The molecule has 0 radical (unpaired) electrons. The zero-order valence-corrected chi connectivity index (χ0v) is 11.4. The second kappa shape index (κ2) is 5.10. The molecule has 0 bridgehead atoms. The van der Waals surface area contributed by atoms with Gasteiger partial charge in [-0.2, -0.15) is 0 Å². The number of aliphatic hydroxyl groups excluding tert-OH is 2. The highest BCUT2D eigenvalue weighted by molar-refractivity contribution is 5.46. The van der Waals surface area contributed by atoms with Crippen LogP contribution in [-0.2, 0) is 0 Å². The van der Waals surface area contributed by atoms with Crippen molar-refractivity contribution in [3.05, 3.63) is 24.0 Å². The first kappa shape index (κ1) is 12.9. The summed E-state index contributed by atoms with van der Waals surface area (Å²) in [6.07, 6.45) is 4.05. The molecule has 3 rings (SSSR count). The molecule has 1 aromatic rings. The molecular weight excluding hydrogens is 240 g/mol. The van der Waals surface area contributed by atoms with Crippen LogP contribution in [0.2, 0.25) is 0 Å². The molecule has 2 fully saturated rings. The van der Waals surface area contributed by atoms with Gasteiger partial charge in [0.2, 0.25) is 0 Å². The summed E-state index contributed by atoms with van der Waals surface area (Å²) in [7, 11) is 0. The largest absolute Gasteiger partial charge is 0.393 e. The van der Waals surface area contributed by atoms with Gasteiger partial charge in [0.15, 0.2) is 0 Å². The second-order valence-electron chi connectivity index (χ2n) is 5.84. The third-order valence-corrected chi connectivity index (χ3v) is 4.68. The number of hydrogen-bond donors (Lipinski definition) is 2. The quantitative estimate of drug-likeness (QED) is 0.871. The van der Waals surface area contributed by atoms with Crippen molar-refractivity contribution < 1.29 is 10.2 Å². The van der Waals surface area contributed by atoms with Gasteiger partial charge >= 0.3 is 0 Å². The number of pyridine rings is 1. The molecular formula is C15H22N2O2. The molecule has 104 valence electrons. The van der Waals surface area contributed by atoms with Crippen molar-refractivity contribution in [1.82, 2.24) is 4.98 Å². The van der Waals surface area contributed by atoms with Crippen molar-refractivity contribution >= 4 is 5.69 Å². The van der Waals surface area contributed by atoms with Gasteiger partial charge in [-0.05, 0) is 37.3 Å². The maximum Gasteiger partial charge on any atom is 0.0957 e. The van der Waals surface area contributed by atoms with E-state index < -0.39 is 6.10 Å². The number of fused-ring (bicyclic) bond motifs is 1. The number of anilines is 1. The fraction of sp³-hybridized carbons (Fsp3) is 0.667. The topological polar surface area (TPSA) is 56.6 Å². The van der Waals surface area contributed by atoms with Gasteiger partial charge in [0.05, 0.1) is 29.8 Å². The lowest BCUT2D eigenvalue weighted by molar-refractivity contribution is 0.133. The van der Waals surface area contributed by atoms with Gasteiger partial charge in [0.25, 0.3) is 0 Å². The minimum absolute atomic E-state index is 0.121. The van der Waals surface area contributed by atoms with Gasteiger partial charge in [0, 0.05) is 19.0 Å². The predicted molar refractivity (Wildman–Crippen MR) is 73.9 cm³/mol. The third-order valence-electron chi connectivity index (χ3n) is 4.68. The Bertz CT molecular complexity index is 434. The molecule has 3 unspecified atom stereocenters. The summed E-state index contributed by atoms with van der Waals surface area (Å²) in [6.45, 7) is 3.91. The van der Waals surface area contributed by atoms with Crippen LogP contribution < -0.4 is 4.90 Å². The summed E-state index contributed by atoms with van der Waals surface area (Å²) in [5, 5.41) is 19.7. The van der Waals surface area contributed by atoms with E-state index in [2.05, 4.69) is 9.88 Å². The first-order chi connectivity index (χ1) is 9.19. The maximum atomic E-state index is 9.94. The lowest BCUT2D eigenvalue weighted by Crippen LogP contribution is -2.24. The molecule has 19 heavy (non-hydrogen) atoms. The molecule has 0 amide bonds. The number of rotatable bonds is 3. The Morgan fingerprint density at radius 3 is 2.84 bits per heavy atom. The molecule has 1 saturated heterocycles. The van der Waals surface area contributed by atoms with E-state index >= 15 is 0 Å². The van der Waals surface area contributed by atoms with Gasteiger partial charge < -0.3 is 15.1 Å². The van der Waals surface area contributed by atoms with Gasteiger partial charge in [-0.25, -0.2) is 0 Å². The molecule has 2 heterocycles.